The topological polar surface area (TPSA) is 92.6 Å². The fraction of sp³-hybridized carbons (Fsp3) is 0.500. The predicted octanol–water partition coefficient (Wildman–Crippen LogP) is 0.966. The van der Waals surface area contributed by atoms with Crippen molar-refractivity contribution in [3.8, 4) is 0 Å². The highest BCUT2D eigenvalue weighted by Crippen LogP contribution is 2.24. The van der Waals surface area contributed by atoms with Gasteiger partial charge in [0.2, 0.25) is 10.0 Å². The summed E-state index contributed by atoms with van der Waals surface area (Å²) in [6.07, 6.45) is 0. The van der Waals surface area contributed by atoms with E-state index < -0.39 is 14.9 Å². The van der Waals surface area contributed by atoms with E-state index in [0.29, 0.717) is 13.1 Å². The maximum Gasteiger partial charge on any atom is 0.270 e. The van der Waals surface area contributed by atoms with Crippen molar-refractivity contribution in [2.45, 2.75) is 30.8 Å². The SMILES string of the molecule is CC1NCCN(S(=O)(=O)c2cccc([N+](=O)[O-])c2)C1C. The van der Waals surface area contributed by atoms with Crippen LogP contribution >= 0.6 is 0 Å². The molecule has 2 rings (SSSR count). The maximum atomic E-state index is 12.6. The van der Waals surface area contributed by atoms with E-state index in [-0.39, 0.29) is 22.7 Å². The first-order valence-electron chi connectivity index (χ1n) is 6.33. The van der Waals surface area contributed by atoms with Gasteiger partial charge in [-0.3, -0.25) is 10.1 Å². The molecule has 0 amide bonds. The smallest absolute Gasteiger partial charge is 0.270 e. The number of benzene rings is 1. The van der Waals surface area contributed by atoms with Crippen molar-refractivity contribution in [3.63, 3.8) is 0 Å². The van der Waals surface area contributed by atoms with Crippen LogP contribution in [0.1, 0.15) is 13.8 Å². The predicted molar refractivity (Wildman–Crippen MR) is 73.9 cm³/mol. The minimum absolute atomic E-state index is 0.0346. The molecule has 0 radical (unpaired) electrons. The molecule has 7 nitrogen and oxygen atoms in total. The number of rotatable bonds is 3. The second kappa shape index (κ2) is 5.47. The van der Waals surface area contributed by atoms with Gasteiger partial charge in [0, 0.05) is 37.3 Å². The van der Waals surface area contributed by atoms with Gasteiger partial charge in [0.05, 0.1) is 9.82 Å². The minimum atomic E-state index is -3.71. The first-order valence-corrected chi connectivity index (χ1v) is 7.77. The lowest BCUT2D eigenvalue weighted by molar-refractivity contribution is -0.385. The van der Waals surface area contributed by atoms with Gasteiger partial charge in [-0.05, 0) is 19.9 Å². The zero-order valence-electron chi connectivity index (χ0n) is 11.3. The van der Waals surface area contributed by atoms with E-state index in [1.165, 1.54) is 22.5 Å². The van der Waals surface area contributed by atoms with Crippen LogP contribution in [0.25, 0.3) is 0 Å². The molecule has 1 aliphatic heterocycles. The number of hydrogen-bond donors (Lipinski definition) is 1. The van der Waals surface area contributed by atoms with Crippen LogP contribution in [0.3, 0.4) is 0 Å². The van der Waals surface area contributed by atoms with Crippen molar-refractivity contribution < 1.29 is 13.3 Å². The average Bonchev–Trinajstić information content (AvgIpc) is 2.41. The lowest BCUT2D eigenvalue weighted by Gasteiger charge is -2.37. The van der Waals surface area contributed by atoms with Gasteiger partial charge in [0.15, 0.2) is 0 Å². The number of nitro benzene ring substituents is 1. The lowest BCUT2D eigenvalue weighted by atomic mass is 10.1. The molecule has 110 valence electrons. The Balaban J connectivity index is 2.39. The highest BCUT2D eigenvalue weighted by atomic mass is 32.2. The molecular weight excluding hydrogens is 282 g/mol. The Labute approximate surface area is 117 Å². The van der Waals surface area contributed by atoms with Crippen LogP contribution in [0.5, 0.6) is 0 Å². The summed E-state index contributed by atoms with van der Waals surface area (Å²) in [4.78, 5) is 10.1. The van der Waals surface area contributed by atoms with Crippen LogP contribution in [-0.4, -0.2) is 42.8 Å². The van der Waals surface area contributed by atoms with Gasteiger partial charge in [-0.1, -0.05) is 6.07 Å². The fourth-order valence-corrected chi connectivity index (χ4v) is 4.00. The van der Waals surface area contributed by atoms with Crippen molar-refractivity contribution >= 4 is 15.7 Å². The van der Waals surface area contributed by atoms with Crippen molar-refractivity contribution in [2.75, 3.05) is 13.1 Å². The third-order valence-corrected chi connectivity index (χ3v) is 5.59. The molecule has 2 atom stereocenters. The first kappa shape index (κ1) is 14.9. The lowest BCUT2D eigenvalue weighted by Crippen LogP contribution is -2.57. The molecule has 0 aliphatic carbocycles. The summed E-state index contributed by atoms with van der Waals surface area (Å²) < 4.78 is 26.6. The highest BCUT2D eigenvalue weighted by molar-refractivity contribution is 7.89. The van der Waals surface area contributed by atoms with E-state index >= 15 is 0 Å². The van der Waals surface area contributed by atoms with Crippen molar-refractivity contribution in [1.29, 1.82) is 0 Å². The van der Waals surface area contributed by atoms with Gasteiger partial charge < -0.3 is 5.32 Å². The molecule has 1 fully saturated rings. The second-order valence-corrected chi connectivity index (χ2v) is 6.74. The monoisotopic (exact) mass is 299 g/mol. The molecule has 8 heteroatoms. The Kier molecular flexibility index (Phi) is 4.07. The molecule has 1 saturated heterocycles. The normalized spacial score (nSPS) is 24.5. The van der Waals surface area contributed by atoms with Crippen LogP contribution in [0.2, 0.25) is 0 Å². The van der Waals surface area contributed by atoms with Gasteiger partial charge >= 0.3 is 0 Å². The van der Waals surface area contributed by atoms with E-state index in [9.17, 15) is 18.5 Å². The van der Waals surface area contributed by atoms with Crippen LogP contribution in [0.15, 0.2) is 29.2 Å². The average molecular weight is 299 g/mol. The van der Waals surface area contributed by atoms with Crippen LogP contribution in [0, 0.1) is 10.1 Å². The molecule has 0 bridgehead atoms. The van der Waals surface area contributed by atoms with Crippen molar-refractivity contribution in [3.05, 3.63) is 34.4 Å². The van der Waals surface area contributed by atoms with E-state index in [1.807, 2.05) is 13.8 Å². The van der Waals surface area contributed by atoms with Crippen LogP contribution < -0.4 is 5.32 Å². The van der Waals surface area contributed by atoms with Gasteiger partial charge in [0.25, 0.3) is 5.69 Å². The first-order chi connectivity index (χ1) is 9.34. The van der Waals surface area contributed by atoms with Gasteiger partial charge in [-0.25, -0.2) is 8.42 Å². The zero-order valence-corrected chi connectivity index (χ0v) is 12.1. The number of nitrogens with zero attached hydrogens (tertiary/aromatic N) is 2. The molecule has 2 unspecified atom stereocenters. The molecule has 1 aromatic rings. The summed E-state index contributed by atoms with van der Waals surface area (Å²) >= 11 is 0. The number of non-ortho nitro benzene ring substituents is 1. The van der Waals surface area contributed by atoms with Gasteiger partial charge in [-0.2, -0.15) is 4.31 Å². The summed E-state index contributed by atoms with van der Waals surface area (Å²) in [6, 6.07) is 5.01. The van der Waals surface area contributed by atoms with E-state index in [1.54, 1.807) is 0 Å². The zero-order chi connectivity index (χ0) is 14.9. The molecule has 0 saturated carbocycles. The summed E-state index contributed by atoms with van der Waals surface area (Å²) in [5, 5.41) is 14.0. The third kappa shape index (κ3) is 2.67. The second-order valence-electron chi connectivity index (χ2n) is 4.85. The maximum absolute atomic E-state index is 12.6. The number of nitrogens with one attached hydrogen (secondary N) is 1. The van der Waals surface area contributed by atoms with E-state index in [4.69, 9.17) is 0 Å². The number of nitro groups is 1. The Morgan fingerprint density at radius 3 is 2.75 bits per heavy atom. The van der Waals surface area contributed by atoms with E-state index in [0.717, 1.165) is 6.07 Å². The van der Waals surface area contributed by atoms with Gasteiger partial charge in [-0.15, -0.1) is 0 Å². The van der Waals surface area contributed by atoms with Crippen LogP contribution in [0.4, 0.5) is 5.69 Å². The third-order valence-electron chi connectivity index (χ3n) is 3.61. The van der Waals surface area contributed by atoms with E-state index in [2.05, 4.69) is 5.32 Å². The summed E-state index contributed by atoms with van der Waals surface area (Å²) in [5.74, 6) is 0. The Morgan fingerprint density at radius 2 is 2.10 bits per heavy atom. The molecule has 0 aromatic heterocycles. The van der Waals surface area contributed by atoms with Crippen molar-refractivity contribution in [2.24, 2.45) is 0 Å². The molecule has 1 aromatic carbocycles. The van der Waals surface area contributed by atoms with Gasteiger partial charge in [0.1, 0.15) is 0 Å². The summed E-state index contributed by atoms with van der Waals surface area (Å²) in [6.45, 7) is 4.67. The summed E-state index contributed by atoms with van der Waals surface area (Å²) in [5.41, 5.74) is -0.220. The molecule has 1 heterocycles. The number of hydrogen-bond acceptors (Lipinski definition) is 5. The van der Waals surface area contributed by atoms with Crippen LogP contribution in [-0.2, 0) is 10.0 Å². The largest absolute Gasteiger partial charge is 0.311 e. The highest BCUT2D eigenvalue weighted by Gasteiger charge is 2.34. The Bertz CT molecular complexity index is 617. The van der Waals surface area contributed by atoms with Crippen molar-refractivity contribution in [1.82, 2.24) is 9.62 Å². The molecule has 20 heavy (non-hydrogen) atoms. The quantitative estimate of drug-likeness (QED) is 0.663. The molecule has 1 N–H and O–H groups in total. The molecule has 1 aliphatic rings. The Hall–Kier alpha value is -1.51. The standard InChI is InChI=1S/C12H17N3O4S/c1-9-10(2)14(7-6-13-9)20(18,19)12-5-3-4-11(8-12)15(16)17/h3-5,8-10,13H,6-7H2,1-2H3. The number of sulfonamides is 1. The molecular formula is C12H17N3O4S. The Morgan fingerprint density at radius 1 is 1.40 bits per heavy atom. The number of piperazine rings is 1. The minimum Gasteiger partial charge on any atom is -0.311 e. The summed E-state index contributed by atoms with van der Waals surface area (Å²) in [7, 11) is -3.71. The molecule has 0 spiro atoms. The fourth-order valence-electron chi connectivity index (χ4n) is 2.26.